The van der Waals surface area contributed by atoms with Crippen LogP contribution in [0.15, 0.2) is 35.8 Å². The van der Waals surface area contributed by atoms with Gasteiger partial charge in [-0.1, -0.05) is 0 Å². The molecule has 0 unspecified atom stereocenters. The number of anilines is 1. The Morgan fingerprint density at radius 3 is 2.70 bits per heavy atom. The summed E-state index contributed by atoms with van der Waals surface area (Å²) in [5.41, 5.74) is 1.62. The van der Waals surface area contributed by atoms with Crippen LogP contribution in [0.2, 0.25) is 0 Å². The van der Waals surface area contributed by atoms with Gasteiger partial charge in [0.1, 0.15) is 10.9 Å². The van der Waals surface area contributed by atoms with Crippen molar-refractivity contribution in [2.75, 3.05) is 5.32 Å². The van der Waals surface area contributed by atoms with E-state index >= 15 is 0 Å². The summed E-state index contributed by atoms with van der Waals surface area (Å²) in [6.07, 6.45) is 2.07. The van der Waals surface area contributed by atoms with Crippen molar-refractivity contribution in [3.05, 3.63) is 46.0 Å². The lowest BCUT2D eigenvalue weighted by molar-refractivity contribution is -0.497. The highest BCUT2D eigenvalue weighted by molar-refractivity contribution is 7.13. The molecule has 0 bridgehead atoms. The first-order chi connectivity index (χ1) is 9.65. The number of hydrogen-bond acceptors (Lipinski definition) is 5. The zero-order valence-corrected chi connectivity index (χ0v) is 11.2. The first-order valence-corrected chi connectivity index (χ1v) is 6.97. The van der Waals surface area contributed by atoms with Crippen LogP contribution in [0.3, 0.4) is 0 Å². The van der Waals surface area contributed by atoms with Crippen LogP contribution in [-0.2, 0) is 4.79 Å². The summed E-state index contributed by atoms with van der Waals surface area (Å²) < 4.78 is 0. The summed E-state index contributed by atoms with van der Waals surface area (Å²) in [7, 11) is 0. The molecule has 1 aromatic carbocycles. The van der Waals surface area contributed by atoms with Gasteiger partial charge in [-0.15, -0.1) is 11.3 Å². The molecule has 102 valence electrons. The van der Waals surface area contributed by atoms with Gasteiger partial charge in [-0.3, -0.25) is 14.9 Å². The molecule has 6 nitrogen and oxygen atoms in total. The number of thiazole rings is 1. The van der Waals surface area contributed by atoms with Crippen LogP contribution in [0.1, 0.15) is 6.42 Å². The molecule has 2 aromatic rings. The quantitative estimate of drug-likeness (QED) is 0.692. The molecule has 7 heteroatoms. The Morgan fingerprint density at radius 2 is 2.15 bits per heavy atom. The Bertz CT molecular complexity index is 639. The summed E-state index contributed by atoms with van der Waals surface area (Å²) in [4.78, 5) is 26.1. The van der Waals surface area contributed by atoms with E-state index in [0.717, 1.165) is 10.6 Å². The van der Waals surface area contributed by atoms with E-state index in [2.05, 4.69) is 10.3 Å². The van der Waals surface area contributed by atoms with Crippen molar-refractivity contribution in [3.8, 4) is 10.6 Å². The highest BCUT2D eigenvalue weighted by Gasteiger charge is 2.53. The van der Waals surface area contributed by atoms with Gasteiger partial charge in [-0.05, 0) is 24.3 Å². The topological polar surface area (TPSA) is 85.1 Å². The third kappa shape index (κ3) is 2.53. The number of benzene rings is 1. The Hall–Kier alpha value is -2.28. The molecule has 1 N–H and O–H groups in total. The lowest BCUT2D eigenvalue weighted by Crippen LogP contribution is -2.18. The van der Waals surface area contributed by atoms with E-state index in [-0.39, 0.29) is 5.91 Å². The normalized spacial score (nSPS) is 20.4. The van der Waals surface area contributed by atoms with Crippen LogP contribution in [0.25, 0.3) is 10.6 Å². The fraction of sp³-hybridized carbons (Fsp3) is 0.231. The predicted octanol–water partition coefficient (Wildman–Crippen LogP) is 2.41. The second-order valence-corrected chi connectivity index (χ2v) is 5.49. The number of carbonyl (C=O) groups excluding carboxylic acids is 1. The van der Waals surface area contributed by atoms with Gasteiger partial charge >= 0.3 is 0 Å². The molecular weight excluding hydrogens is 278 g/mol. The van der Waals surface area contributed by atoms with E-state index in [4.69, 9.17) is 0 Å². The number of rotatable bonds is 4. The smallest absolute Gasteiger partial charge is 0.234 e. The number of nitro groups is 1. The third-order valence-electron chi connectivity index (χ3n) is 3.20. The summed E-state index contributed by atoms with van der Waals surface area (Å²) in [6.45, 7) is 0. The van der Waals surface area contributed by atoms with Crippen molar-refractivity contribution in [2.45, 2.75) is 12.5 Å². The fourth-order valence-corrected chi connectivity index (χ4v) is 2.64. The van der Waals surface area contributed by atoms with Crippen molar-refractivity contribution in [1.82, 2.24) is 4.98 Å². The maximum Gasteiger partial charge on any atom is 0.234 e. The van der Waals surface area contributed by atoms with Crippen molar-refractivity contribution >= 4 is 22.9 Å². The van der Waals surface area contributed by atoms with Crippen molar-refractivity contribution < 1.29 is 9.72 Å². The van der Waals surface area contributed by atoms with E-state index in [1.807, 2.05) is 17.5 Å². The van der Waals surface area contributed by atoms with Gasteiger partial charge in [-0.25, -0.2) is 4.98 Å². The molecule has 1 fully saturated rings. The van der Waals surface area contributed by atoms with Crippen LogP contribution in [-0.4, -0.2) is 21.9 Å². The number of aromatic nitrogens is 1. The van der Waals surface area contributed by atoms with E-state index in [0.29, 0.717) is 12.1 Å². The molecule has 1 aliphatic carbocycles. The Balaban J connectivity index is 1.64. The summed E-state index contributed by atoms with van der Waals surface area (Å²) in [5.74, 6) is -0.780. The average Bonchev–Trinajstić information content (AvgIpc) is 3.07. The van der Waals surface area contributed by atoms with Crippen LogP contribution < -0.4 is 5.32 Å². The SMILES string of the molecule is O=C(Nc1ccc(-c2nccs2)cc1)[C@@H]1C[C@H]1[N+](=O)[O-]. The molecule has 0 aliphatic heterocycles. The van der Waals surface area contributed by atoms with Crippen molar-refractivity contribution in [1.29, 1.82) is 0 Å². The Morgan fingerprint density at radius 1 is 1.40 bits per heavy atom. The van der Waals surface area contributed by atoms with Crippen LogP contribution in [0, 0.1) is 16.0 Å². The van der Waals surface area contributed by atoms with Gasteiger partial charge in [0.15, 0.2) is 0 Å². The standard InChI is InChI=1S/C13H11N3O3S/c17-12(10-7-11(10)16(18)19)15-9-3-1-8(2-4-9)13-14-5-6-20-13/h1-6,10-11H,7H2,(H,15,17)/t10-,11-/m1/s1. The van der Waals surface area contributed by atoms with E-state index in [1.165, 1.54) is 0 Å². The van der Waals surface area contributed by atoms with E-state index in [9.17, 15) is 14.9 Å². The Labute approximate surface area is 118 Å². The molecule has 0 radical (unpaired) electrons. The van der Waals surface area contributed by atoms with Gasteiger partial charge in [0.05, 0.1) is 0 Å². The Kier molecular flexibility index (Phi) is 3.19. The molecule has 1 aliphatic rings. The number of nitrogens with one attached hydrogen (secondary N) is 1. The molecule has 3 rings (SSSR count). The number of hydrogen-bond donors (Lipinski definition) is 1. The minimum Gasteiger partial charge on any atom is -0.326 e. The zero-order chi connectivity index (χ0) is 14.1. The van der Waals surface area contributed by atoms with Crippen LogP contribution >= 0.6 is 11.3 Å². The van der Waals surface area contributed by atoms with Crippen LogP contribution in [0.5, 0.6) is 0 Å². The highest BCUT2D eigenvalue weighted by atomic mass is 32.1. The third-order valence-corrected chi connectivity index (χ3v) is 4.02. The second-order valence-electron chi connectivity index (χ2n) is 4.60. The predicted molar refractivity (Wildman–Crippen MR) is 75.1 cm³/mol. The highest BCUT2D eigenvalue weighted by Crippen LogP contribution is 2.34. The second kappa shape index (κ2) is 5.01. The molecule has 2 atom stereocenters. The molecule has 0 spiro atoms. The lowest BCUT2D eigenvalue weighted by atomic mass is 10.2. The maximum absolute atomic E-state index is 11.8. The first-order valence-electron chi connectivity index (χ1n) is 6.09. The summed E-state index contributed by atoms with van der Waals surface area (Å²) >= 11 is 1.54. The number of amides is 1. The molecular formula is C13H11N3O3S. The lowest BCUT2D eigenvalue weighted by Gasteiger charge is -2.04. The van der Waals surface area contributed by atoms with Crippen LogP contribution in [0.4, 0.5) is 5.69 Å². The fourth-order valence-electron chi connectivity index (χ4n) is 1.99. The first kappa shape index (κ1) is 12.7. The number of nitrogens with zero attached hydrogens (tertiary/aromatic N) is 2. The van der Waals surface area contributed by atoms with Crippen molar-refractivity contribution in [2.24, 2.45) is 5.92 Å². The number of carbonyl (C=O) groups is 1. The monoisotopic (exact) mass is 289 g/mol. The van der Waals surface area contributed by atoms with Gasteiger partial charge in [0.25, 0.3) is 0 Å². The van der Waals surface area contributed by atoms with Gasteiger partial charge in [-0.2, -0.15) is 0 Å². The molecule has 1 heterocycles. The largest absolute Gasteiger partial charge is 0.326 e. The van der Waals surface area contributed by atoms with Gasteiger partial charge < -0.3 is 5.32 Å². The average molecular weight is 289 g/mol. The van der Waals surface area contributed by atoms with E-state index in [1.54, 1.807) is 29.7 Å². The van der Waals surface area contributed by atoms with Crippen molar-refractivity contribution in [3.63, 3.8) is 0 Å². The summed E-state index contributed by atoms with van der Waals surface area (Å²) in [5, 5.41) is 16.0. The molecule has 1 saturated carbocycles. The maximum atomic E-state index is 11.8. The molecule has 1 amide bonds. The van der Waals surface area contributed by atoms with Gasteiger partial charge in [0.2, 0.25) is 11.9 Å². The minimum atomic E-state index is -0.718. The van der Waals surface area contributed by atoms with Gasteiger partial charge in [0, 0.05) is 34.2 Å². The molecule has 0 saturated heterocycles. The van der Waals surface area contributed by atoms with E-state index < -0.39 is 16.9 Å². The summed E-state index contributed by atoms with van der Waals surface area (Å²) in [6, 6.07) is 6.57. The minimum absolute atomic E-state index is 0.284. The molecule has 20 heavy (non-hydrogen) atoms. The molecule has 1 aromatic heterocycles. The zero-order valence-electron chi connectivity index (χ0n) is 10.4.